The van der Waals surface area contributed by atoms with Gasteiger partial charge in [-0.1, -0.05) is 27.7 Å². The number of aliphatic hydroxyl groups excluding tert-OH is 1. The predicted octanol–water partition coefficient (Wildman–Crippen LogP) is 1.94. The zero-order valence-corrected chi connectivity index (χ0v) is 14.0. The third-order valence-corrected chi connectivity index (χ3v) is 5.39. The number of rotatable bonds is 4. The fraction of sp³-hybridized carbons (Fsp3) is 1.00. The molecule has 0 bridgehead atoms. The molecule has 0 amide bonds. The normalized spacial score (nSPS) is 42.7. The van der Waals surface area contributed by atoms with Gasteiger partial charge in [-0.2, -0.15) is 0 Å². The van der Waals surface area contributed by atoms with E-state index in [9.17, 15) is 5.11 Å². The van der Waals surface area contributed by atoms with E-state index in [0.717, 1.165) is 12.8 Å². The fourth-order valence-electron chi connectivity index (χ4n) is 3.65. The Bertz CT molecular complexity index is 399. The lowest BCUT2D eigenvalue weighted by Crippen LogP contribution is -2.61. The van der Waals surface area contributed by atoms with Gasteiger partial charge in [-0.05, 0) is 25.7 Å². The summed E-state index contributed by atoms with van der Waals surface area (Å²) in [5, 5.41) is 10.8. The summed E-state index contributed by atoms with van der Waals surface area (Å²) in [5.41, 5.74) is 0. The van der Waals surface area contributed by atoms with Crippen molar-refractivity contribution in [1.82, 2.24) is 0 Å². The summed E-state index contributed by atoms with van der Waals surface area (Å²) in [5.74, 6) is -2.45. The van der Waals surface area contributed by atoms with Crippen molar-refractivity contribution in [3.8, 4) is 0 Å². The lowest BCUT2D eigenvalue weighted by molar-refractivity contribution is -0.333. The maximum Gasteiger partial charge on any atom is 0.224 e. The predicted molar refractivity (Wildman–Crippen MR) is 78.1 cm³/mol. The molecule has 0 radical (unpaired) electrons. The van der Waals surface area contributed by atoms with Crippen LogP contribution in [0.2, 0.25) is 0 Å². The summed E-state index contributed by atoms with van der Waals surface area (Å²) in [6, 6.07) is 0. The molecule has 0 aromatic heterocycles. The summed E-state index contributed by atoms with van der Waals surface area (Å²) in [4.78, 5) is 0. The molecule has 22 heavy (non-hydrogen) atoms. The van der Waals surface area contributed by atoms with Gasteiger partial charge in [0.1, 0.15) is 24.9 Å². The number of fused-ring (bicyclic) bond motifs is 1. The van der Waals surface area contributed by atoms with Gasteiger partial charge in [-0.25, -0.2) is 0 Å². The lowest BCUT2D eigenvalue weighted by Gasteiger charge is -2.42. The highest BCUT2D eigenvalue weighted by atomic mass is 16.9. The van der Waals surface area contributed by atoms with Crippen LogP contribution in [0.15, 0.2) is 0 Å². The Morgan fingerprint density at radius 1 is 0.909 bits per heavy atom. The maximum absolute atomic E-state index is 10.8. The van der Waals surface area contributed by atoms with Crippen LogP contribution >= 0.6 is 0 Å². The van der Waals surface area contributed by atoms with Crippen LogP contribution in [-0.2, 0) is 23.7 Å². The van der Waals surface area contributed by atoms with Gasteiger partial charge < -0.3 is 28.8 Å². The van der Waals surface area contributed by atoms with Crippen molar-refractivity contribution in [1.29, 1.82) is 0 Å². The first kappa shape index (κ1) is 16.6. The highest BCUT2D eigenvalue weighted by molar-refractivity contribution is 5.02. The molecule has 6 nitrogen and oxygen atoms in total. The van der Waals surface area contributed by atoms with E-state index < -0.39 is 29.6 Å². The summed E-state index contributed by atoms with van der Waals surface area (Å²) < 4.78 is 30.0. The minimum Gasteiger partial charge on any atom is -0.385 e. The van der Waals surface area contributed by atoms with Crippen LogP contribution in [0.5, 0.6) is 0 Å². The second-order valence-corrected chi connectivity index (χ2v) is 6.43. The van der Waals surface area contributed by atoms with E-state index in [1.54, 1.807) is 0 Å². The summed E-state index contributed by atoms with van der Waals surface area (Å²) in [7, 11) is 0. The Morgan fingerprint density at radius 3 is 2.09 bits per heavy atom. The number of aliphatic hydroxyl groups is 1. The molecule has 3 saturated heterocycles. The lowest BCUT2D eigenvalue weighted by atomic mass is 9.97. The second kappa shape index (κ2) is 5.69. The monoisotopic (exact) mass is 316 g/mol. The SMILES string of the molecule is CCC1(CC)O[C@@H]2[C@@H](CO[C@]3(COC(CC)(CC)O3)[C@H]2O)O1. The largest absolute Gasteiger partial charge is 0.385 e. The molecule has 0 aliphatic carbocycles. The zero-order valence-electron chi connectivity index (χ0n) is 14.0. The smallest absolute Gasteiger partial charge is 0.224 e. The van der Waals surface area contributed by atoms with Crippen LogP contribution in [0, 0.1) is 0 Å². The molecule has 3 aliphatic heterocycles. The van der Waals surface area contributed by atoms with Crippen molar-refractivity contribution in [2.24, 2.45) is 0 Å². The minimum atomic E-state index is -1.14. The highest BCUT2D eigenvalue weighted by Crippen LogP contribution is 2.47. The van der Waals surface area contributed by atoms with Gasteiger partial charge in [0, 0.05) is 0 Å². The van der Waals surface area contributed by atoms with Crippen LogP contribution in [0.3, 0.4) is 0 Å². The molecule has 4 atom stereocenters. The Kier molecular flexibility index (Phi) is 4.29. The molecule has 6 heteroatoms. The first-order valence-electron chi connectivity index (χ1n) is 8.49. The van der Waals surface area contributed by atoms with Crippen LogP contribution in [0.25, 0.3) is 0 Å². The van der Waals surface area contributed by atoms with Crippen molar-refractivity contribution in [3.63, 3.8) is 0 Å². The van der Waals surface area contributed by atoms with Gasteiger partial charge in [0.25, 0.3) is 0 Å². The fourth-order valence-corrected chi connectivity index (χ4v) is 3.65. The molecule has 3 rings (SSSR count). The average Bonchev–Trinajstić information content (AvgIpc) is 3.13. The molecule has 3 aliphatic rings. The van der Waals surface area contributed by atoms with E-state index in [1.807, 2.05) is 27.7 Å². The molecule has 3 fully saturated rings. The van der Waals surface area contributed by atoms with Crippen LogP contribution < -0.4 is 0 Å². The van der Waals surface area contributed by atoms with E-state index >= 15 is 0 Å². The van der Waals surface area contributed by atoms with E-state index in [0.29, 0.717) is 19.4 Å². The Hall–Kier alpha value is -0.240. The van der Waals surface area contributed by atoms with Crippen molar-refractivity contribution in [3.05, 3.63) is 0 Å². The molecule has 3 heterocycles. The Labute approximate surface area is 132 Å². The molecule has 128 valence electrons. The van der Waals surface area contributed by atoms with E-state index in [2.05, 4.69) is 0 Å². The quantitative estimate of drug-likeness (QED) is 0.855. The average molecular weight is 316 g/mol. The third kappa shape index (κ3) is 2.32. The first-order chi connectivity index (χ1) is 10.5. The molecule has 0 aromatic rings. The molecular formula is C16H28O6. The summed E-state index contributed by atoms with van der Waals surface area (Å²) in [6.07, 6.45) is 1.26. The highest BCUT2D eigenvalue weighted by Gasteiger charge is 2.63. The Morgan fingerprint density at radius 2 is 1.55 bits per heavy atom. The minimum absolute atomic E-state index is 0.216. The first-order valence-corrected chi connectivity index (χ1v) is 8.49. The van der Waals surface area contributed by atoms with Gasteiger partial charge in [0.15, 0.2) is 11.6 Å². The van der Waals surface area contributed by atoms with Crippen molar-refractivity contribution < 1.29 is 28.8 Å². The molecule has 0 aromatic carbocycles. The molecule has 1 spiro atoms. The standard InChI is InChI=1S/C16H28O6/c1-5-14(6-2)19-10-16(22-14)13(17)12-11(9-18-16)20-15(7-3,8-4)21-12/h11-13,17H,5-10H2,1-4H3/t11-,12-,13+,16+/m1/s1. The number of hydrogen-bond acceptors (Lipinski definition) is 6. The maximum atomic E-state index is 10.8. The van der Waals surface area contributed by atoms with Gasteiger partial charge in [0.2, 0.25) is 5.79 Å². The van der Waals surface area contributed by atoms with Crippen LogP contribution in [0.1, 0.15) is 53.4 Å². The molecule has 1 N–H and O–H groups in total. The molecular weight excluding hydrogens is 288 g/mol. The summed E-state index contributed by atoms with van der Waals surface area (Å²) >= 11 is 0. The van der Waals surface area contributed by atoms with E-state index in [4.69, 9.17) is 23.7 Å². The van der Waals surface area contributed by atoms with Crippen molar-refractivity contribution in [2.45, 2.75) is 89.1 Å². The van der Waals surface area contributed by atoms with Gasteiger partial charge >= 0.3 is 0 Å². The second-order valence-electron chi connectivity index (χ2n) is 6.43. The van der Waals surface area contributed by atoms with E-state index in [-0.39, 0.29) is 12.7 Å². The molecule has 0 saturated carbocycles. The Balaban J connectivity index is 1.79. The van der Waals surface area contributed by atoms with Gasteiger partial charge in [-0.3, -0.25) is 0 Å². The van der Waals surface area contributed by atoms with Crippen LogP contribution in [0.4, 0.5) is 0 Å². The number of ether oxygens (including phenoxy) is 5. The van der Waals surface area contributed by atoms with Crippen molar-refractivity contribution in [2.75, 3.05) is 13.2 Å². The summed E-state index contributed by atoms with van der Waals surface area (Å²) in [6.45, 7) is 8.63. The van der Waals surface area contributed by atoms with E-state index in [1.165, 1.54) is 0 Å². The van der Waals surface area contributed by atoms with Gasteiger partial charge in [-0.15, -0.1) is 0 Å². The number of hydrogen-bond donors (Lipinski definition) is 1. The topological polar surface area (TPSA) is 66.4 Å². The third-order valence-electron chi connectivity index (χ3n) is 5.39. The van der Waals surface area contributed by atoms with Gasteiger partial charge in [0.05, 0.1) is 6.61 Å². The zero-order chi connectivity index (χ0) is 16.0. The molecule has 0 unspecified atom stereocenters. The van der Waals surface area contributed by atoms with Crippen molar-refractivity contribution >= 4 is 0 Å². The van der Waals surface area contributed by atoms with Crippen LogP contribution in [-0.4, -0.2) is 54.0 Å².